The molecule has 2 amide bonds. The van der Waals surface area contributed by atoms with Gasteiger partial charge in [-0.25, -0.2) is 0 Å². The first-order valence-corrected chi connectivity index (χ1v) is 6.62. The zero-order valence-corrected chi connectivity index (χ0v) is 11.7. The van der Waals surface area contributed by atoms with Gasteiger partial charge in [0, 0.05) is 12.2 Å². The highest BCUT2D eigenvalue weighted by atomic mass is 16.5. The smallest absolute Gasteiger partial charge is 0.253 e. The van der Waals surface area contributed by atoms with Crippen molar-refractivity contribution in [3.05, 3.63) is 12.2 Å². The third kappa shape index (κ3) is 7.54. The summed E-state index contributed by atoms with van der Waals surface area (Å²) in [5, 5.41) is 17.0. The van der Waals surface area contributed by atoms with Crippen LogP contribution in [0.5, 0.6) is 0 Å². The fourth-order valence-electron chi connectivity index (χ4n) is 1.51. The second kappa shape index (κ2) is 10.0. The van der Waals surface area contributed by atoms with Gasteiger partial charge in [0.05, 0.1) is 46.2 Å². The van der Waals surface area contributed by atoms with Gasteiger partial charge in [-0.15, -0.1) is 0 Å². The minimum Gasteiger partial charge on any atom is -0.862 e. The van der Waals surface area contributed by atoms with E-state index in [9.17, 15) is 14.7 Å². The van der Waals surface area contributed by atoms with Crippen molar-refractivity contribution >= 4 is 17.7 Å². The Bertz CT molecular complexity index is 378. The van der Waals surface area contributed by atoms with E-state index in [4.69, 9.17) is 19.6 Å². The largest absolute Gasteiger partial charge is 0.862 e. The Morgan fingerprint density at radius 1 is 0.952 bits per heavy atom. The van der Waals surface area contributed by atoms with Crippen molar-refractivity contribution in [2.75, 3.05) is 46.2 Å². The molecule has 0 aromatic heterocycles. The number of carbonyl (C=O) groups is 2. The highest BCUT2D eigenvalue weighted by Gasteiger charge is 2.22. The summed E-state index contributed by atoms with van der Waals surface area (Å²) in [6, 6.07) is 0. The molecule has 8 nitrogen and oxygen atoms in total. The molecule has 1 aliphatic rings. The zero-order valence-electron chi connectivity index (χ0n) is 11.7. The molecule has 0 saturated heterocycles. The Kier molecular flexibility index (Phi) is 8.25. The van der Waals surface area contributed by atoms with E-state index in [1.54, 1.807) is 0 Å². The lowest BCUT2D eigenvalue weighted by molar-refractivity contribution is -0.221. The van der Waals surface area contributed by atoms with Gasteiger partial charge < -0.3 is 24.7 Å². The van der Waals surface area contributed by atoms with Gasteiger partial charge >= 0.3 is 0 Å². The average molecular weight is 299 g/mol. The van der Waals surface area contributed by atoms with Crippen molar-refractivity contribution in [1.82, 2.24) is 4.90 Å². The van der Waals surface area contributed by atoms with E-state index < -0.39 is 5.90 Å². The fourth-order valence-corrected chi connectivity index (χ4v) is 1.51. The van der Waals surface area contributed by atoms with Crippen molar-refractivity contribution in [2.24, 2.45) is 0 Å². The lowest BCUT2D eigenvalue weighted by Gasteiger charge is -2.13. The molecule has 0 aromatic rings. The Balaban J connectivity index is 1.84. The Hall–Kier alpha value is -1.77. The summed E-state index contributed by atoms with van der Waals surface area (Å²) in [6.07, 6.45) is 2.56. The topological polar surface area (TPSA) is 112 Å². The number of nitrogens with one attached hydrogen (secondary N) is 1. The minimum atomic E-state index is -0.644. The summed E-state index contributed by atoms with van der Waals surface area (Å²) in [5.74, 6) is -1.28. The predicted molar refractivity (Wildman–Crippen MR) is 70.7 cm³/mol. The molecule has 0 fully saturated rings. The molecule has 0 spiro atoms. The molecule has 1 N–H and O–H groups in total. The normalized spacial score (nSPS) is 14.2. The number of ether oxygens (including phenoxy) is 3. The number of hydrogen-bond donors (Lipinski definition) is 1. The van der Waals surface area contributed by atoms with Gasteiger partial charge in [-0.05, 0) is 12.3 Å². The summed E-state index contributed by atoms with van der Waals surface area (Å²) in [7, 11) is 0. The molecule has 0 radical (unpaired) electrons. The van der Waals surface area contributed by atoms with Gasteiger partial charge in [0.25, 0.3) is 11.8 Å². The summed E-state index contributed by atoms with van der Waals surface area (Å²) in [5.41, 5.74) is 0. The molecule has 0 aromatic carbocycles. The van der Waals surface area contributed by atoms with Crippen molar-refractivity contribution in [3.8, 4) is 0 Å². The molecule has 0 unspecified atom stereocenters. The third-order valence-electron chi connectivity index (χ3n) is 2.58. The van der Waals surface area contributed by atoms with Gasteiger partial charge in [0.15, 0.2) is 0 Å². The molecule has 0 atom stereocenters. The maximum atomic E-state index is 11.2. The Morgan fingerprint density at radius 2 is 1.43 bits per heavy atom. The van der Waals surface area contributed by atoms with Crippen LogP contribution < -0.4 is 5.11 Å². The van der Waals surface area contributed by atoms with Crippen LogP contribution in [0.4, 0.5) is 0 Å². The van der Waals surface area contributed by atoms with Crippen molar-refractivity contribution in [3.63, 3.8) is 0 Å². The fraction of sp³-hybridized carbons (Fsp3) is 0.615. The second-order valence-electron chi connectivity index (χ2n) is 4.17. The molecule has 1 rings (SSSR count). The van der Waals surface area contributed by atoms with E-state index in [0.717, 1.165) is 4.90 Å². The van der Waals surface area contributed by atoms with E-state index in [1.165, 1.54) is 12.2 Å². The average Bonchev–Trinajstić information content (AvgIpc) is 2.75. The van der Waals surface area contributed by atoms with Gasteiger partial charge in [-0.3, -0.25) is 14.5 Å². The van der Waals surface area contributed by atoms with Gasteiger partial charge in [0.2, 0.25) is 0 Å². The molecule has 0 aliphatic carbocycles. The molecule has 0 saturated carbocycles. The molecule has 1 heterocycles. The first-order chi connectivity index (χ1) is 10.1. The first kappa shape index (κ1) is 17.3. The molecular weight excluding hydrogens is 280 g/mol. The minimum absolute atomic E-state index is 0.0892. The van der Waals surface area contributed by atoms with Gasteiger partial charge in [-0.2, -0.15) is 0 Å². The van der Waals surface area contributed by atoms with Crippen LogP contribution >= 0.6 is 0 Å². The van der Waals surface area contributed by atoms with Crippen LogP contribution in [0.15, 0.2) is 12.2 Å². The van der Waals surface area contributed by atoms with Gasteiger partial charge in [0.1, 0.15) is 0 Å². The van der Waals surface area contributed by atoms with Crippen LogP contribution in [0.25, 0.3) is 0 Å². The van der Waals surface area contributed by atoms with Crippen molar-refractivity contribution < 1.29 is 28.9 Å². The van der Waals surface area contributed by atoms with E-state index in [2.05, 4.69) is 0 Å². The lowest BCUT2D eigenvalue weighted by Crippen LogP contribution is -2.33. The van der Waals surface area contributed by atoms with E-state index >= 15 is 0 Å². The molecule has 21 heavy (non-hydrogen) atoms. The highest BCUT2D eigenvalue weighted by molar-refractivity contribution is 6.12. The molecule has 0 bridgehead atoms. The maximum absolute atomic E-state index is 11.2. The van der Waals surface area contributed by atoms with Crippen LogP contribution in [0.2, 0.25) is 0 Å². The van der Waals surface area contributed by atoms with E-state index in [-0.39, 0.29) is 38.0 Å². The van der Waals surface area contributed by atoms with Crippen LogP contribution in [0.1, 0.15) is 6.42 Å². The first-order valence-electron chi connectivity index (χ1n) is 6.62. The summed E-state index contributed by atoms with van der Waals surface area (Å²) in [6.45, 7) is 2.20. The van der Waals surface area contributed by atoms with Crippen LogP contribution in [0, 0.1) is 5.41 Å². The number of carbonyl (C=O) groups excluding carboxylic acids is 2. The maximum Gasteiger partial charge on any atom is 0.253 e. The SMILES string of the molecule is N=C([O-])CCOCCOCCOCCN1C(=O)C=CC1=O. The van der Waals surface area contributed by atoms with E-state index in [1.807, 2.05) is 0 Å². The number of hydrogen-bond acceptors (Lipinski definition) is 7. The quantitative estimate of drug-likeness (QED) is 0.207. The Labute approximate surface area is 122 Å². The predicted octanol–water partition coefficient (Wildman–Crippen LogP) is -1.31. The molecular formula is C13H19N2O6-. The lowest BCUT2D eigenvalue weighted by atomic mass is 10.5. The van der Waals surface area contributed by atoms with Crippen molar-refractivity contribution in [2.45, 2.75) is 6.42 Å². The number of rotatable bonds is 12. The third-order valence-corrected chi connectivity index (χ3v) is 2.58. The number of imide groups is 1. The van der Waals surface area contributed by atoms with Crippen LogP contribution in [-0.2, 0) is 23.8 Å². The van der Waals surface area contributed by atoms with Crippen LogP contribution in [0.3, 0.4) is 0 Å². The molecule has 118 valence electrons. The van der Waals surface area contributed by atoms with Gasteiger partial charge in [-0.1, -0.05) is 0 Å². The van der Waals surface area contributed by atoms with Crippen LogP contribution in [-0.4, -0.2) is 68.8 Å². The number of amides is 2. The van der Waals surface area contributed by atoms with Crippen molar-refractivity contribution in [1.29, 1.82) is 5.41 Å². The summed E-state index contributed by atoms with van der Waals surface area (Å²) in [4.78, 5) is 23.5. The Morgan fingerprint density at radius 3 is 1.95 bits per heavy atom. The highest BCUT2D eigenvalue weighted by Crippen LogP contribution is 2.02. The number of nitrogens with zero attached hydrogens (tertiary/aromatic N) is 1. The monoisotopic (exact) mass is 299 g/mol. The summed E-state index contributed by atoms with van der Waals surface area (Å²) < 4.78 is 15.5. The zero-order chi connectivity index (χ0) is 15.5. The molecule has 8 heteroatoms. The summed E-state index contributed by atoms with van der Waals surface area (Å²) >= 11 is 0. The standard InChI is InChI=1S/C13H20N2O6/c14-11(16)3-5-19-7-9-21-10-8-20-6-4-15-12(17)1-2-13(15)18/h1-2H,3-10H2,(H2,14,16)/p-1. The molecule has 1 aliphatic heterocycles. The van der Waals surface area contributed by atoms with E-state index in [0.29, 0.717) is 26.4 Å². The second-order valence-corrected chi connectivity index (χ2v) is 4.17.